The zero-order valence-electron chi connectivity index (χ0n) is 13.1. The van der Waals surface area contributed by atoms with Gasteiger partial charge in [-0.25, -0.2) is 0 Å². The molecule has 3 nitrogen and oxygen atoms in total. The molecule has 1 amide bonds. The fourth-order valence-electron chi connectivity index (χ4n) is 3.31. The summed E-state index contributed by atoms with van der Waals surface area (Å²) in [6.45, 7) is 2.87. The SMILES string of the molecule is CCCC1CCC(NC(=O)c2cccc(CCN)c2)CC1. The van der Waals surface area contributed by atoms with Gasteiger partial charge in [0.25, 0.3) is 5.91 Å². The fourth-order valence-corrected chi connectivity index (χ4v) is 3.31. The zero-order valence-corrected chi connectivity index (χ0v) is 13.1. The van der Waals surface area contributed by atoms with E-state index in [1.165, 1.54) is 25.7 Å². The Morgan fingerprint density at radius 1 is 1.29 bits per heavy atom. The number of amides is 1. The predicted molar refractivity (Wildman–Crippen MR) is 87.3 cm³/mol. The van der Waals surface area contributed by atoms with Crippen molar-refractivity contribution >= 4 is 5.91 Å². The van der Waals surface area contributed by atoms with Gasteiger partial charge in [-0.15, -0.1) is 0 Å². The van der Waals surface area contributed by atoms with Gasteiger partial charge in [-0.05, 0) is 62.3 Å². The zero-order chi connectivity index (χ0) is 15.1. The fraction of sp³-hybridized carbons (Fsp3) is 0.611. The van der Waals surface area contributed by atoms with Gasteiger partial charge in [0.15, 0.2) is 0 Å². The molecule has 1 aliphatic rings. The molecule has 1 saturated carbocycles. The van der Waals surface area contributed by atoms with Crippen molar-refractivity contribution < 1.29 is 4.79 Å². The largest absolute Gasteiger partial charge is 0.349 e. The summed E-state index contributed by atoms with van der Waals surface area (Å²) in [5.74, 6) is 0.934. The molecule has 21 heavy (non-hydrogen) atoms. The number of hydrogen-bond acceptors (Lipinski definition) is 2. The van der Waals surface area contributed by atoms with E-state index in [1.54, 1.807) is 0 Å². The third-order valence-corrected chi connectivity index (χ3v) is 4.50. The van der Waals surface area contributed by atoms with Crippen LogP contribution in [0, 0.1) is 5.92 Å². The summed E-state index contributed by atoms with van der Waals surface area (Å²) in [6, 6.07) is 8.17. The molecular weight excluding hydrogens is 260 g/mol. The highest BCUT2D eigenvalue weighted by Crippen LogP contribution is 2.27. The van der Waals surface area contributed by atoms with Crippen molar-refractivity contribution in [3.63, 3.8) is 0 Å². The van der Waals surface area contributed by atoms with Gasteiger partial charge in [0, 0.05) is 11.6 Å². The molecule has 0 spiro atoms. The van der Waals surface area contributed by atoms with E-state index in [2.05, 4.69) is 12.2 Å². The van der Waals surface area contributed by atoms with E-state index in [1.807, 2.05) is 24.3 Å². The number of carbonyl (C=O) groups is 1. The van der Waals surface area contributed by atoms with Crippen molar-refractivity contribution in [1.29, 1.82) is 0 Å². The number of nitrogens with two attached hydrogens (primary N) is 1. The Morgan fingerprint density at radius 3 is 2.71 bits per heavy atom. The Kier molecular flexibility index (Phi) is 6.24. The molecule has 1 aliphatic carbocycles. The molecule has 0 aromatic heterocycles. The summed E-state index contributed by atoms with van der Waals surface area (Å²) >= 11 is 0. The number of carbonyl (C=O) groups excluding carboxylic acids is 1. The lowest BCUT2D eigenvalue weighted by Crippen LogP contribution is -2.37. The lowest BCUT2D eigenvalue weighted by atomic mass is 9.83. The van der Waals surface area contributed by atoms with Gasteiger partial charge in [-0.3, -0.25) is 4.79 Å². The summed E-state index contributed by atoms with van der Waals surface area (Å²) in [6.07, 6.45) is 8.19. The lowest BCUT2D eigenvalue weighted by molar-refractivity contribution is 0.0921. The minimum absolute atomic E-state index is 0.0628. The van der Waals surface area contributed by atoms with E-state index in [9.17, 15) is 4.79 Å². The quantitative estimate of drug-likeness (QED) is 0.844. The van der Waals surface area contributed by atoms with Crippen molar-refractivity contribution in [3.05, 3.63) is 35.4 Å². The van der Waals surface area contributed by atoms with Crippen LogP contribution in [0.2, 0.25) is 0 Å². The molecule has 1 aromatic rings. The van der Waals surface area contributed by atoms with Crippen LogP contribution in [0.25, 0.3) is 0 Å². The Bertz CT molecular complexity index is 450. The van der Waals surface area contributed by atoms with E-state index in [4.69, 9.17) is 5.73 Å². The van der Waals surface area contributed by atoms with Crippen LogP contribution in [-0.2, 0) is 6.42 Å². The lowest BCUT2D eigenvalue weighted by Gasteiger charge is -2.29. The van der Waals surface area contributed by atoms with E-state index in [0.717, 1.165) is 36.3 Å². The average Bonchev–Trinajstić information content (AvgIpc) is 2.50. The molecule has 0 heterocycles. The Labute approximate surface area is 128 Å². The second-order valence-corrected chi connectivity index (χ2v) is 6.22. The van der Waals surface area contributed by atoms with Crippen molar-refractivity contribution in [2.24, 2.45) is 11.7 Å². The monoisotopic (exact) mass is 288 g/mol. The molecule has 1 fully saturated rings. The van der Waals surface area contributed by atoms with Crippen molar-refractivity contribution in [2.45, 2.75) is 57.9 Å². The van der Waals surface area contributed by atoms with E-state index >= 15 is 0 Å². The highest BCUT2D eigenvalue weighted by molar-refractivity contribution is 5.94. The molecule has 0 aliphatic heterocycles. The molecule has 0 radical (unpaired) electrons. The van der Waals surface area contributed by atoms with Crippen LogP contribution in [0.1, 0.15) is 61.4 Å². The molecule has 3 N–H and O–H groups in total. The third-order valence-electron chi connectivity index (χ3n) is 4.50. The average molecular weight is 288 g/mol. The standard InChI is InChI=1S/C18H28N2O/c1-2-4-14-7-9-17(10-8-14)20-18(21)16-6-3-5-15(13-16)11-12-19/h3,5-6,13-14,17H,2,4,7-12,19H2,1H3,(H,20,21). The molecule has 116 valence electrons. The summed E-state index contributed by atoms with van der Waals surface area (Å²) in [5, 5.41) is 3.20. The number of benzene rings is 1. The number of nitrogens with one attached hydrogen (secondary N) is 1. The molecule has 0 bridgehead atoms. The van der Waals surface area contributed by atoms with Gasteiger partial charge in [0.1, 0.15) is 0 Å². The van der Waals surface area contributed by atoms with Crippen LogP contribution in [0.3, 0.4) is 0 Å². The second kappa shape index (κ2) is 8.18. The molecular formula is C18H28N2O. The van der Waals surface area contributed by atoms with Crippen molar-refractivity contribution in [1.82, 2.24) is 5.32 Å². The highest BCUT2D eigenvalue weighted by atomic mass is 16.1. The van der Waals surface area contributed by atoms with Gasteiger partial charge in [0.05, 0.1) is 0 Å². The first-order valence-electron chi connectivity index (χ1n) is 8.32. The molecule has 0 saturated heterocycles. The molecule has 0 unspecified atom stereocenters. The summed E-state index contributed by atoms with van der Waals surface area (Å²) in [7, 11) is 0. The maximum atomic E-state index is 12.3. The van der Waals surface area contributed by atoms with Gasteiger partial charge in [0.2, 0.25) is 0 Å². The van der Waals surface area contributed by atoms with E-state index in [0.29, 0.717) is 12.6 Å². The molecule has 1 aromatic carbocycles. The second-order valence-electron chi connectivity index (χ2n) is 6.22. The first-order valence-corrected chi connectivity index (χ1v) is 8.32. The summed E-state index contributed by atoms with van der Waals surface area (Å²) in [5.41, 5.74) is 7.47. The molecule has 2 rings (SSSR count). The molecule has 0 atom stereocenters. The van der Waals surface area contributed by atoms with Gasteiger partial charge >= 0.3 is 0 Å². The topological polar surface area (TPSA) is 55.1 Å². The normalized spacial score (nSPS) is 22.0. The van der Waals surface area contributed by atoms with Gasteiger partial charge in [-0.1, -0.05) is 31.9 Å². The first-order chi connectivity index (χ1) is 10.2. The van der Waals surface area contributed by atoms with Crippen molar-refractivity contribution in [3.8, 4) is 0 Å². The molecule has 3 heteroatoms. The minimum Gasteiger partial charge on any atom is -0.349 e. The Balaban J connectivity index is 1.86. The summed E-state index contributed by atoms with van der Waals surface area (Å²) < 4.78 is 0. The van der Waals surface area contributed by atoms with Crippen LogP contribution in [0.5, 0.6) is 0 Å². The smallest absolute Gasteiger partial charge is 0.251 e. The number of hydrogen-bond donors (Lipinski definition) is 2. The van der Waals surface area contributed by atoms with Gasteiger partial charge < -0.3 is 11.1 Å². The maximum Gasteiger partial charge on any atom is 0.251 e. The van der Waals surface area contributed by atoms with Crippen LogP contribution in [0.15, 0.2) is 24.3 Å². The van der Waals surface area contributed by atoms with E-state index < -0.39 is 0 Å². The third kappa shape index (κ3) is 4.85. The van der Waals surface area contributed by atoms with Crippen LogP contribution in [-0.4, -0.2) is 18.5 Å². The predicted octanol–water partition coefficient (Wildman–Crippen LogP) is 3.28. The minimum atomic E-state index is 0.0628. The maximum absolute atomic E-state index is 12.3. The Hall–Kier alpha value is -1.35. The number of rotatable bonds is 6. The van der Waals surface area contributed by atoms with E-state index in [-0.39, 0.29) is 5.91 Å². The summed E-state index contributed by atoms with van der Waals surface area (Å²) in [4.78, 5) is 12.3. The van der Waals surface area contributed by atoms with Gasteiger partial charge in [-0.2, -0.15) is 0 Å². The highest BCUT2D eigenvalue weighted by Gasteiger charge is 2.22. The first kappa shape index (κ1) is 16.0. The van der Waals surface area contributed by atoms with Crippen LogP contribution < -0.4 is 11.1 Å². The van der Waals surface area contributed by atoms with Crippen LogP contribution in [0.4, 0.5) is 0 Å². The van der Waals surface area contributed by atoms with Crippen molar-refractivity contribution in [2.75, 3.05) is 6.54 Å². The van der Waals surface area contributed by atoms with Crippen LogP contribution >= 0.6 is 0 Å². The Morgan fingerprint density at radius 2 is 2.05 bits per heavy atom.